The van der Waals surface area contributed by atoms with E-state index in [0.29, 0.717) is 25.2 Å². The first-order valence-corrected chi connectivity index (χ1v) is 8.19. The van der Waals surface area contributed by atoms with Crippen LogP contribution in [0.15, 0.2) is 48.5 Å². The zero-order valence-corrected chi connectivity index (χ0v) is 14.0. The second-order valence-corrected chi connectivity index (χ2v) is 6.25. The van der Waals surface area contributed by atoms with E-state index in [1.165, 1.54) is 24.3 Å². The molecule has 1 heterocycles. The fourth-order valence-electron chi connectivity index (χ4n) is 2.84. The van der Waals surface area contributed by atoms with Gasteiger partial charge in [-0.25, -0.2) is 9.18 Å². The minimum atomic E-state index is -0.368. The van der Waals surface area contributed by atoms with Crippen molar-refractivity contribution in [1.29, 1.82) is 0 Å². The topological polar surface area (TPSA) is 61.4 Å². The Labute approximate surface area is 145 Å². The van der Waals surface area contributed by atoms with Crippen molar-refractivity contribution in [3.8, 4) is 0 Å². The molecule has 0 spiro atoms. The molecule has 1 aliphatic rings. The van der Waals surface area contributed by atoms with Crippen LogP contribution in [0.3, 0.4) is 0 Å². The first kappa shape index (κ1) is 17.0. The van der Waals surface area contributed by atoms with Crippen molar-refractivity contribution >= 4 is 23.3 Å². The van der Waals surface area contributed by atoms with Gasteiger partial charge in [-0.3, -0.25) is 4.79 Å². The number of halogens is 1. The molecule has 130 valence electrons. The summed E-state index contributed by atoms with van der Waals surface area (Å²) in [5, 5.41) is 5.40. The molecular weight excluding hydrogens is 321 g/mol. The second-order valence-electron chi connectivity index (χ2n) is 6.25. The van der Waals surface area contributed by atoms with Gasteiger partial charge in [-0.2, -0.15) is 0 Å². The maximum atomic E-state index is 12.8. The van der Waals surface area contributed by atoms with Gasteiger partial charge in [0.15, 0.2) is 0 Å². The first-order chi connectivity index (χ1) is 12.0. The van der Waals surface area contributed by atoms with Gasteiger partial charge in [-0.1, -0.05) is 17.7 Å². The smallest absolute Gasteiger partial charge is 0.319 e. The molecule has 0 bridgehead atoms. The molecule has 1 unspecified atom stereocenters. The van der Waals surface area contributed by atoms with Gasteiger partial charge >= 0.3 is 6.03 Å². The zero-order valence-electron chi connectivity index (χ0n) is 14.0. The second kappa shape index (κ2) is 7.34. The van der Waals surface area contributed by atoms with Crippen LogP contribution in [0.4, 0.5) is 20.6 Å². The average Bonchev–Trinajstić information content (AvgIpc) is 2.97. The summed E-state index contributed by atoms with van der Waals surface area (Å²) in [7, 11) is 0. The van der Waals surface area contributed by atoms with E-state index >= 15 is 0 Å². The third kappa shape index (κ3) is 4.35. The number of hydrogen-bond donors (Lipinski definition) is 2. The van der Waals surface area contributed by atoms with E-state index in [4.69, 9.17) is 0 Å². The SMILES string of the molecule is Cc1ccc(N2CC(CNC(=O)Nc3ccc(F)cc3)CC2=O)cc1. The molecule has 3 rings (SSSR count). The van der Waals surface area contributed by atoms with Crippen molar-refractivity contribution in [1.82, 2.24) is 5.32 Å². The van der Waals surface area contributed by atoms with Gasteiger partial charge in [0.05, 0.1) is 0 Å². The van der Waals surface area contributed by atoms with Crippen molar-refractivity contribution in [2.45, 2.75) is 13.3 Å². The molecule has 2 aromatic carbocycles. The number of nitrogens with zero attached hydrogens (tertiary/aromatic N) is 1. The van der Waals surface area contributed by atoms with Gasteiger partial charge in [-0.15, -0.1) is 0 Å². The minimum absolute atomic E-state index is 0.0628. The standard InChI is InChI=1S/C19H20FN3O2/c1-13-2-8-17(9-3-13)23-12-14(10-18(23)24)11-21-19(25)22-16-6-4-15(20)5-7-16/h2-9,14H,10-12H2,1H3,(H2,21,22,25). The Morgan fingerprint density at radius 1 is 1.16 bits per heavy atom. The van der Waals surface area contributed by atoms with Gasteiger partial charge in [0, 0.05) is 36.8 Å². The van der Waals surface area contributed by atoms with Gasteiger partial charge in [0.1, 0.15) is 5.82 Å². The van der Waals surface area contributed by atoms with Crippen molar-refractivity contribution in [3.05, 3.63) is 59.9 Å². The molecule has 2 N–H and O–H groups in total. The van der Waals surface area contributed by atoms with E-state index < -0.39 is 0 Å². The third-order valence-electron chi connectivity index (χ3n) is 4.20. The van der Waals surface area contributed by atoms with E-state index in [9.17, 15) is 14.0 Å². The molecule has 1 atom stereocenters. The maximum Gasteiger partial charge on any atom is 0.319 e. The summed E-state index contributed by atoms with van der Waals surface area (Å²) >= 11 is 0. The predicted molar refractivity (Wildman–Crippen MR) is 95.1 cm³/mol. The molecule has 1 saturated heterocycles. The Morgan fingerprint density at radius 3 is 2.52 bits per heavy atom. The van der Waals surface area contributed by atoms with E-state index in [1.807, 2.05) is 31.2 Å². The Morgan fingerprint density at radius 2 is 1.84 bits per heavy atom. The minimum Gasteiger partial charge on any atom is -0.338 e. The number of hydrogen-bond acceptors (Lipinski definition) is 2. The van der Waals surface area contributed by atoms with Crippen LogP contribution >= 0.6 is 0 Å². The Hall–Kier alpha value is -2.89. The van der Waals surface area contributed by atoms with Crippen molar-refractivity contribution < 1.29 is 14.0 Å². The average molecular weight is 341 g/mol. The number of benzene rings is 2. The molecular formula is C19H20FN3O2. The highest BCUT2D eigenvalue weighted by Crippen LogP contribution is 2.25. The van der Waals surface area contributed by atoms with Gasteiger partial charge in [0.2, 0.25) is 5.91 Å². The Kier molecular flexibility index (Phi) is 4.97. The largest absolute Gasteiger partial charge is 0.338 e. The fourth-order valence-corrected chi connectivity index (χ4v) is 2.84. The van der Waals surface area contributed by atoms with Crippen LogP contribution in [-0.4, -0.2) is 25.0 Å². The summed E-state index contributed by atoms with van der Waals surface area (Å²) < 4.78 is 12.8. The molecule has 0 aliphatic carbocycles. The highest BCUT2D eigenvalue weighted by atomic mass is 19.1. The van der Waals surface area contributed by atoms with Crippen LogP contribution < -0.4 is 15.5 Å². The first-order valence-electron chi connectivity index (χ1n) is 8.19. The number of aryl methyl sites for hydroxylation is 1. The summed E-state index contributed by atoms with van der Waals surface area (Å²) in [4.78, 5) is 25.9. The Bertz CT molecular complexity index is 759. The number of nitrogens with one attached hydrogen (secondary N) is 2. The molecule has 6 heteroatoms. The van der Waals surface area contributed by atoms with E-state index in [-0.39, 0.29) is 23.7 Å². The number of anilines is 2. The highest BCUT2D eigenvalue weighted by Gasteiger charge is 2.30. The van der Waals surface area contributed by atoms with Crippen LogP contribution in [0.2, 0.25) is 0 Å². The van der Waals surface area contributed by atoms with E-state index in [1.54, 1.807) is 4.90 Å². The zero-order chi connectivity index (χ0) is 17.8. The van der Waals surface area contributed by atoms with E-state index in [2.05, 4.69) is 10.6 Å². The summed E-state index contributed by atoms with van der Waals surface area (Å²) in [6, 6.07) is 13.0. The number of urea groups is 1. The van der Waals surface area contributed by atoms with Gasteiger partial charge in [-0.05, 0) is 43.3 Å². The predicted octanol–water partition coefficient (Wildman–Crippen LogP) is 3.31. The quantitative estimate of drug-likeness (QED) is 0.896. The molecule has 3 amide bonds. The van der Waals surface area contributed by atoms with Crippen molar-refractivity contribution in [3.63, 3.8) is 0 Å². The summed E-state index contributed by atoms with van der Waals surface area (Å²) in [6.45, 7) is 2.99. The molecule has 2 aromatic rings. The molecule has 0 aromatic heterocycles. The molecule has 5 nitrogen and oxygen atoms in total. The summed E-state index contributed by atoms with van der Waals surface area (Å²) in [6.07, 6.45) is 0.407. The summed E-state index contributed by atoms with van der Waals surface area (Å²) in [5.41, 5.74) is 2.54. The monoisotopic (exact) mass is 341 g/mol. The number of carbonyl (C=O) groups is 2. The lowest BCUT2D eigenvalue weighted by Crippen LogP contribution is -2.34. The number of carbonyl (C=O) groups excluding carboxylic acids is 2. The normalized spacial score (nSPS) is 16.8. The van der Waals surface area contributed by atoms with E-state index in [0.717, 1.165) is 11.3 Å². The van der Waals surface area contributed by atoms with Gasteiger partial charge < -0.3 is 15.5 Å². The molecule has 0 radical (unpaired) electrons. The van der Waals surface area contributed by atoms with Crippen molar-refractivity contribution in [2.75, 3.05) is 23.3 Å². The van der Waals surface area contributed by atoms with Crippen LogP contribution in [0.25, 0.3) is 0 Å². The lowest BCUT2D eigenvalue weighted by Gasteiger charge is -2.17. The highest BCUT2D eigenvalue weighted by molar-refractivity contribution is 5.96. The van der Waals surface area contributed by atoms with Crippen LogP contribution in [0, 0.1) is 18.7 Å². The van der Waals surface area contributed by atoms with Crippen molar-refractivity contribution in [2.24, 2.45) is 5.92 Å². The lowest BCUT2D eigenvalue weighted by atomic mass is 10.1. The van der Waals surface area contributed by atoms with Crippen LogP contribution in [0.5, 0.6) is 0 Å². The summed E-state index contributed by atoms with van der Waals surface area (Å²) in [5.74, 6) is -0.228. The molecule has 1 aliphatic heterocycles. The number of amides is 3. The third-order valence-corrected chi connectivity index (χ3v) is 4.20. The van der Waals surface area contributed by atoms with Gasteiger partial charge in [0.25, 0.3) is 0 Å². The lowest BCUT2D eigenvalue weighted by molar-refractivity contribution is -0.117. The number of rotatable bonds is 4. The Balaban J connectivity index is 1.50. The molecule has 25 heavy (non-hydrogen) atoms. The maximum absolute atomic E-state index is 12.8. The van der Waals surface area contributed by atoms with Crippen LogP contribution in [-0.2, 0) is 4.79 Å². The molecule has 0 saturated carbocycles. The van der Waals surface area contributed by atoms with Crippen LogP contribution in [0.1, 0.15) is 12.0 Å². The fraction of sp³-hybridized carbons (Fsp3) is 0.263. The molecule has 1 fully saturated rings.